The van der Waals surface area contributed by atoms with Crippen molar-refractivity contribution in [1.82, 2.24) is 20.6 Å². The molecule has 2 aromatic heterocycles. The zero-order valence-electron chi connectivity index (χ0n) is 20.9. The Morgan fingerprint density at radius 2 is 1.92 bits per heavy atom. The van der Waals surface area contributed by atoms with Crippen molar-refractivity contribution in [2.45, 2.75) is 55.9 Å². The fourth-order valence-electron chi connectivity index (χ4n) is 5.42. The van der Waals surface area contributed by atoms with Crippen LogP contribution < -0.4 is 15.4 Å². The van der Waals surface area contributed by atoms with Crippen LogP contribution in [0.15, 0.2) is 48.7 Å². The topological polar surface area (TPSA) is 132 Å². The van der Waals surface area contributed by atoms with Crippen LogP contribution in [0.25, 0.3) is 11.0 Å². The van der Waals surface area contributed by atoms with Gasteiger partial charge < -0.3 is 30.0 Å². The molecule has 2 bridgehead atoms. The van der Waals surface area contributed by atoms with Crippen LogP contribution in [0.5, 0.6) is 5.88 Å². The maximum absolute atomic E-state index is 15.2. The Morgan fingerprint density at radius 3 is 2.58 bits per heavy atom. The van der Waals surface area contributed by atoms with E-state index in [1.165, 1.54) is 7.11 Å². The summed E-state index contributed by atoms with van der Waals surface area (Å²) < 4.78 is 32.2. The maximum Gasteiger partial charge on any atom is 0.407 e. The van der Waals surface area contributed by atoms with Crippen molar-refractivity contribution in [3.8, 4) is 5.88 Å². The molecule has 2 aliphatic heterocycles. The Hall–Kier alpha value is -3.99. The summed E-state index contributed by atoms with van der Waals surface area (Å²) >= 11 is 0. The van der Waals surface area contributed by atoms with Gasteiger partial charge in [0.25, 0.3) is 0 Å². The summed E-state index contributed by atoms with van der Waals surface area (Å²) in [6.07, 6.45) is 1.43. The van der Waals surface area contributed by atoms with E-state index in [9.17, 15) is 14.7 Å². The molecule has 10 nitrogen and oxygen atoms in total. The number of aromatic nitrogens is 2. The predicted molar refractivity (Wildman–Crippen MR) is 134 cm³/mol. The second-order valence-corrected chi connectivity index (χ2v) is 9.83. The number of hydrogen-bond donors (Lipinski definition) is 3. The first kappa shape index (κ1) is 25.7. The number of halogens is 1. The van der Waals surface area contributed by atoms with Gasteiger partial charge in [-0.2, -0.15) is 0 Å². The molecule has 2 saturated heterocycles. The van der Waals surface area contributed by atoms with Crippen molar-refractivity contribution in [3.05, 3.63) is 65.6 Å². The summed E-state index contributed by atoms with van der Waals surface area (Å²) in [6, 6.07) is 11.9. The van der Waals surface area contributed by atoms with Crippen LogP contribution in [0.2, 0.25) is 0 Å². The molecule has 3 N–H and O–H groups in total. The zero-order valence-corrected chi connectivity index (χ0v) is 20.9. The van der Waals surface area contributed by atoms with E-state index < -0.39 is 35.2 Å². The van der Waals surface area contributed by atoms with Crippen molar-refractivity contribution in [1.29, 1.82) is 0 Å². The fourth-order valence-corrected chi connectivity index (χ4v) is 5.42. The number of alkyl carbamates (subject to hydrolysis) is 1. The van der Waals surface area contributed by atoms with Crippen molar-refractivity contribution in [2.24, 2.45) is 0 Å². The first-order valence-corrected chi connectivity index (χ1v) is 12.4. The Kier molecular flexibility index (Phi) is 7.02. The quantitative estimate of drug-likeness (QED) is 0.403. The van der Waals surface area contributed by atoms with Gasteiger partial charge >= 0.3 is 12.2 Å². The van der Waals surface area contributed by atoms with Gasteiger partial charge in [0, 0.05) is 18.1 Å². The lowest BCUT2D eigenvalue weighted by Crippen LogP contribution is -2.68. The molecule has 0 radical (unpaired) electrons. The number of fused-ring (bicyclic) bond motifs is 4. The standard InChI is InChI=1S/C27H29FN4O6/c1-36-22-8-7-20-23(31-22)18(19(28)14-29-20)13-21(30-25(35)37-15-17-5-3-2-4-6-17)27-11-9-26(10-12-27,16-38-27)32-24(33)34/h2-8,14,21,32H,9-13,15-16H2,1H3,(H,30,35)(H,33,34). The van der Waals surface area contributed by atoms with Crippen molar-refractivity contribution in [3.63, 3.8) is 0 Å². The monoisotopic (exact) mass is 524 g/mol. The van der Waals surface area contributed by atoms with Gasteiger partial charge in [-0.05, 0) is 37.3 Å². The van der Waals surface area contributed by atoms with Crippen LogP contribution in [0, 0.1) is 5.82 Å². The fraction of sp³-hybridized carbons (Fsp3) is 0.407. The number of methoxy groups -OCH3 is 1. The molecule has 0 spiro atoms. The first-order chi connectivity index (χ1) is 18.3. The summed E-state index contributed by atoms with van der Waals surface area (Å²) in [6.45, 7) is 0.229. The largest absolute Gasteiger partial charge is 0.481 e. The van der Waals surface area contributed by atoms with E-state index in [2.05, 4.69) is 20.6 Å². The highest BCUT2D eigenvalue weighted by Crippen LogP contribution is 2.46. The third-order valence-electron chi connectivity index (χ3n) is 7.56. The summed E-state index contributed by atoms with van der Waals surface area (Å²) in [4.78, 5) is 32.9. The van der Waals surface area contributed by atoms with Crippen LogP contribution in [0.4, 0.5) is 14.0 Å². The molecule has 1 aliphatic carbocycles. The number of carbonyl (C=O) groups is 2. The highest BCUT2D eigenvalue weighted by Gasteiger charge is 2.54. The SMILES string of the molecule is COc1ccc2ncc(F)c(CC(NC(=O)OCc3ccccc3)C34CCC(NC(=O)O)(CC3)CO4)c2n1. The molecule has 3 aromatic rings. The van der Waals surface area contributed by atoms with Crippen LogP contribution in [-0.4, -0.2) is 58.2 Å². The molecule has 11 heteroatoms. The molecule has 1 unspecified atom stereocenters. The zero-order chi connectivity index (χ0) is 26.8. The molecule has 38 heavy (non-hydrogen) atoms. The second-order valence-electron chi connectivity index (χ2n) is 9.83. The van der Waals surface area contributed by atoms with Gasteiger partial charge in [0.1, 0.15) is 12.4 Å². The number of rotatable bonds is 8. The highest BCUT2D eigenvalue weighted by atomic mass is 19.1. The number of carboxylic acid groups (broad SMARTS) is 1. The number of hydrogen-bond acceptors (Lipinski definition) is 7. The van der Waals surface area contributed by atoms with E-state index in [4.69, 9.17) is 14.2 Å². The van der Waals surface area contributed by atoms with E-state index in [1.807, 2.05) is 30.3 Å². The minimum Gasteiger partial charge on any atom is -0.481 e. The van der Waals surface area contributed by atoms with Crippen molar-refractivity contribution < 1.29 is 33.3 Å². The summed E-state index contributed by atoms with van der Waals surface area (Å²) in [7, 11) is 1.47. The normalized spacial score (nSPS) is 23.0. The third-order valence-corrected chi connectivity index (χ3v) is 7.56. The van der Waals surface area contributed by atoms with E-state index in [-0.39, 0.29) is 25.2 Å². The van der Waals surface area contributed by atoms with E-state index in [1.54, 1.807) is 12.1 Å². The van der Waals surface area contributed by atoms with E-state index in [0.717, 1.165) is 11.8 Å². The lowest BCUT2D eigenvalue weighted by molar-refractivity contribution is -0.174. The van der Waals surface area contributed by atoms with Gasteiger partial charge in [0.15, 0.2) is 0 Å². The molecule has 3 fully saturated rings. The van der Waals surface area contributed by atoms with Gasteiger partial charge in [0.05, 0.1) is 48.1 Å². The number of ether oxygens (including phenoxy) is 3. The lowest BCUT2D eigenvalue weighted by atomic mass is 9.67. The average molecular weight is 525 g/mol. The van der Waals surface area contributed by atoms with E-state index in [0.29, 0.717) is 42.6 Å². The van der Waals surface area contributed by atoms with E-state index >= 15 is 4.39 Å². The number of benzene rings is 1. The van der Waals surface area contributed by atoms with Gasteiger partial charge in [-0.25, -0.2) is 19.0 Å². The van der Waals surface area contributed by atoms with Crippen LogP contribution in [0.3, 0.4) is 0 Å². The molecule has 3 aliphatic rings. The van der Waals surface area contributed by atoms with Crippen LogP contribution in [0.1, 0.15) is 36.8 Å². The summed E-state index contributed by atoms with van der Waals surface area (Å²) in [5, 5.41) is 14.8. The lowest BCUT2D eigenvalue weighted by Gasteiger charge is -2.55. The van der Waals surface area contributed by atoms with Gasteiger partial charge in [0.2, 0.25) is 5.88 Å². The molecule has 6 rings (SSSR count). The minimum atomic E-state index is -1.10. The van der Waals surface area contributed by atoms with Gasteiger partial charge in [-0.3, -0.25) is 4.98 Å². The Morgan fingerprint density at radius 1 is 1.16 bits per heavy atom. The number of amides is 2. The van der Waals surface area contributed by atoms with Gasteiger partial charge in [-0.1, -0.05) is 30.3 Å². The molecule has 2 amide bonds. The van der Waals surface area contributed by atoms with Crippen LogP contribution in [-0.2, 0) is 22.5 Å². The summed E-state index contributed by atoms with van der Waals surface area (Å²) in [5.74, 6) is -0.250. The molecule has 1 atom stereocenters. The first-order valence-electron chi connectivity index (χ1n) is 12.4. The predicted octanol–water partition coefficient (Wildman–Crippen LogP) is 3.96. The van der Waals surface area contributed by atoms with Gasteiger partial charge in [-0.15, -0.1) is 0 Å². The average Bonchev–Trinajstić information content (AvgIpc) is 2.93. The minimum absolute atomic E-state index is 0.0603. The van der Waals surface area contributed by atoms with Crippen LogP contribution >= 0.6 is 0 Å². The number of nitrogens with one attached hydrogen (secondary N) is 2. The number of pyridine rings is 2. The Balaban J connectivity index is 1.43. The smallest absolute Gasteiger partial charge is 0.407 e. The van der Waals surface area contributed by atoms with Crippen molar-refractivity contribution >= 4 is 23.2 Å². The molecular weight excluding hydrogens is 495 g/mol. The third kappa shape index (κ3) is 5.19. The molecule has 200 valence electrons. The summed E-state index contributed by atoms with van der Waals surface area (Å²) in [5.41, 5.74) is 0.410. The molecule has 4 heterocycles. The number of carbonyl (C=O) groups excluding carboxylic acids is 1. The Bertz CT molecular complexity index is 1310. The second kappa shape index (κ2) is 10.4. The molecular formula is C27H29FN4O6. The molecule has 1 saturated carbocycles. The number of nitrogens with zero attached hydrogens (tertiary/aromatic N) is 2. The molecule has 1 aromatic carbocycles. The van der Waals surface area contributed by atoms with Crippen molar-refractivity contribution in [2.75, 3.05) is 13.7 Å². The highest BCUT2D eigenvalue weighted by molar-refractivity contribution is 5.78. The maximum atomic E-state index is 15.2. The Labute approximate surface area is 218 Å².